The lowest BCUT2D eigenvalue weighted by Gasteiger charge is -2.17. The minimum atomic E-state index is -0.0679. The van der Waals surface area contributed by atoms with E-state index in [1.165, 1.54) is 19.8 Å². The van der Waals surface area contributed by atoms with E-state index in [1.54, 1.807) is 6.07 Å². The van der Waals surface area contributed by atoms with E-state index in [2.05, 4.69) is 17.1 Å². The Labute approximate surface area is 149 Å². The van der Waals surface area contributed by atoms with Crippen molar-refractivity contribution in [3.8, 4) is 0 Å². The van der Waals surface area contributed by atoms with Gasteiger partial charge in [0, 0.05) is 20.0 Å². The van der Waals surface area contributed by atoms with E-state index in [1.807, 2.05) is 11.0 Å². The zero-order valence-electron chi connectivity index (χ0n) is 15.3. The average molecular weight is 347 g/mol. The van der Waals surface area contributed by atoms with Crippen LogP contribution in [0.15, 0.2) is 16.5 Å². The van der Waals surface area contributed by atoms with Crippen molar-refractivity contribution in [1.29, 1.82) is 0 Å². The van der Waals surface area contributed by atoms with Crippen molar-refractivity contribution in [1.82, 2.24) is 15.1 Å². The van der Waals surface area contributed by atoms with E-state index in [9.17, 15) is 9.59 Å². The van der Waals surface area contributed by atoms with Crippen LogP contribution >= 0.6 is 0 Å². The summed E-state index contributed by atoms with van der Waals surface area (Å²) in [7, 11) is 0. The Morgan fingerprint density at radius 3 is 2.68 bits per heavy atom. The van der Waals surface area contributed by atoms with E-state index in [-0.39, 0.29) is 17.9 Å². The third-order valence-electron chi connectivity index (χ3n) is 5.23. The molecule has 0 saturated carbocycles. The number of carbonyl (C=O) groups excluding carboxylic acids is 2. The van der Waals surface area contributed by atoms with Crippen molar-refractivity contribution in [2.24, 2.45) is 5.92 Å². The lowest BCUT2D eigenvalue weighted by atomic mass is 9.98. The minimum Gasteiger partial charge on any atom is -0.455 e. The first kappa shape index (κ1) is 18.0. The second-order valence-electron chi connectivity index (χ2n) is 7.32. The molecular weight excluding hydrogens is 318 g/mol. The average Bonchev–Trinajstić information content (AvgIpc) is 3.29. The summed E-state index contributed by atoms with van der Waals surface area (Å²) < 4.78 is 5.81. The maximum atomic E-state index is 12.8. The van der Waals surface area contributed by atoms with E-state index < -0.39 is 0 Å². The Bertz CT molecular complexity index is 607. The van der Waals surface area contributed by atoms with E-state index in [4.69, 9.17) is 4.42 Å². The lowest BCUT2D eigenvalue weighted by molar-refractivity contribution is -0.119. The molecule has 138 valence electrons. The zero-order chi connectivity index (χ0) is 17.8. The fourth-order valence-electron chi connectivity index (χ4n) is 4.02. The van der Waals surface area contributed by atoms with Gasteiger partial charge in [-0.05, 0) is 50.4 Å². The third-order valence-corrected chi connectivity index (χ3v) is 5.23. The molecule has 0 aliphatic carbocycles. The highest BCUT2D eigenvalue weighted by molar-refractivity contribution is 5.91. The summed E-state index contributed by atoms with van der Waals surface area (Å²) in [4.78, 5) is 28.4. The van der Waals surface area contributed by atoms with Gasteiger partial charge in [0.15, 0.2) is 5.76 Å². The molecule has 2 fully saturated rings. The largest absolute Gasteiger partial charge is 0.455 e. The van der Waals surface area contributed by atoms with Gasteiger partial charge >= 0.3 is 0 Å². The molecule has 2 aliphatic rings. The van der Waals surface area contributed by atoms with Gasteiger partial charge in [-0.1, -0.05) is 13.3 Å². The number of rotatable bonds is 6. The molecule has 0 spiro atoms. The first-order valence-electron chi connectivity index (χ1n) is 9.44. The number of nitrogens with zero attached hydrogens (tertiary/aromatic N) is 2. The molecule has 1 N–H and O–H groups in total. The van der Waals surface area contributed by atoms with Crippen LogP contribution in [0, 0.1) is 5.92 Å². The number of furan rings is 1. The number of likely N-dealkylation sites (tertiary alicyclic amines) is 2. The number of carbonyl (C=O) groups is 2. The number of amides is 2. The fraction of sp³-hybridized carbons (Fsp3) is 0.684. The van der Waals surface area contributed by atoms with Crippen molar-refractivity contribution < 1.29 is 14.0 Å². The molecule has 25 heavy (non-hydrogen) atoms. The number of hydrogen-bond acceptors (Lipinski definition) is 4. The highest BCUT2D eigenvalue weighted by Crippen LogP contribution is 2.24. The summed E-state index contributed by atoms with van der Waals surface area (Å²) >= 11 is 0. The maximum absolute atomic E-state index is 12.8. The van der Waals surface area contributed by atoms with Crippen LogP contribution in [0.25, 0.3) is 0 Å². The Morgan fingerprint density at radius 2 is 2.00 bits per heavy atom. The first-order valence-corrected chi connectivity index (χ1v) is 9.44. The molecule has 3 rings (SSSR count). The number of hydrogen-bond donors (Lipinski definition) is 1. The standard InChI is InChI=1S/C19H29N3O3/c1-3-6-15-11-22(13-17(15)20-14(2)23)19(24)18-8-7-16(25-18)12-21-9-4-5-10-21/h7-8,15,17H,3-6,9-13H2,1-2H3,(H,20,23)/t15-,17-/m1/s1. The second-order valence-corrected chi connectivity index (χ2v) is 7.32. The van der Waals surface area contributed by atoms with Crippen LogP contribution in [0.5, 0.6) is 0 Å². The Kier molecular flexibility index (Phi) is 5.78. The summed E-state index contributed by atoms with van der Waals surface area (Å²) in [6.45, 7) is 7.89. The second kappa shape index (κ2) is 8.04. The molecule has 3 heterocycles. The Morgan fingerprint density at radius 1 is 1.24 bits per heavy atom. The van der Waals surface area contributed by atoms with Gasteiger partial charge in [0.2, 0.25) is 5.91 Å². The maximum Gasteiger partial charge on any atom is 0.289 e. The summed E-state index contributed by atoms with van der Waals surface area (Å²) in [6, 6.07) is 3.74. The normalized spacial score (nSPS) is 24.0. The fourth-order valence-corrected chi connectivity index (χ4v) is 4.02. The van der Waals surface area contributed by atoms with E-state index in [0.717, 1.165) is 38.2 Å². The first-order chi connectivity index (χ1) is 12.1. The molecule has 0 bridgehead atoms. The molecule has 2 atom stereocenters. The summed E-state index contributed by atoms with van der Waals surface area (Å²) in [6.07, 6.45) is 4.53. The van der Waals surface area contributed by atoms with Crippen LogP contribution in [0.4, 0.5) is 0 Å². The summed E-state index contributed by atoms with van der Waals surface area (Å²) in [5.74, 6) is 1.48. The highest BCUT2D eigenvalue weighted by atomic mass is 16.4. The van der Waals surface area contributed by atoms with Crippen molar-refractivity contribution in [3.63, 3.8) is 0 Å². The SMILES string of the molecule is CCC[C@@H]1CN(C(=O)c2ccc(CN3CCCC3)o2)C[C@H]1NC(C)=O. The van der Waals surface area contributed by atoms with Gasteiger partial charge in [-0.15, -0.1) is 0 Å². The zero-order valence-corrected chi connectivity index (χ0v) is 15.3. The molecule has 6 heteroatoms. The van der Waals surface area contributed by atoms with Crippen LogP contribution in [0.2, 0.25) is 0 Å². The summed E-state index contributed by atoms with van der Waals surface area (Å²) in [5, 5.41) is 3.00. The van der Waals surface area contributed by atoms with Crippen molar-refractivity contribution in [2.45, 2.75) is 52.1 Å². The van der Waals surface area contributed by atoms with Gasteiger partial charge in [0.1, 0.15) is 5.76 Å². The van der Waals surface area contributed by atoms with Gasteiger partial charge in [0.25, 0.3) is 5.91 Å². The smallest absolute Gasteiger partial charge is 0.289 e. The predicted octanol–water partition coefficient (Wildman–Crippen LogP) is 2.25. The van der Waals surface area contributed by atoms with Gasteiger partial charge in [-0.25, -0.2) is 0 Å². The molecule has 0 unspecified atom stereocenters. The quantitative estimate of drug-likeness (QED) is 0.857. The molecule has 0 radical (unpaired) electrons. The molecule has 2 amide bonds. The van der Waals surface area contributed by atoms with Gasteiger partial charge in [-0.3, -0.25) is 14.5 Å². The monoisotopic (exact) mass is 347 g/mol. The predicted molar refractivity (Wildman–Crippen MR) is 95.1 cm³/mol. The molecule has 0 aromatic carbocycles. The molecule has 1 aromatic rings. The van der Waals surface area contributed by atoms with Crippen molar-refractivity contribution in [3.05, 3.63) is 23.7 Å². The van der Waals surface area contributed by atoms with E-state index >= 15 is 0 Å². The summed E-state index contributed by atoms with van der Waals surface area (Å²) in [5.41, 5.74) is 0. The molecule has 2 aliphatic heterocycles. The topological polar surface area (TPSA) is 65.8 Å². The molecule has 6 nitrogen and oxygen atoms in total. The Balaban J connectivity index is 1.62. The van der Waals surface area contributed by atoms with Gasteiger partial charge in [0.05, 0.1) is 12.6 Å². The van der Waals surface area contributed by atoms with E-state index in [0.29, 0.717) is 24.8 Å². The van der Waals surface area contributed by atoms with Crippen LogP contribution < -0.4 is 5.32 Å². The Hall–Kier alpha value is -1.82. The number of nitrogens with one attached hydrogen (secondary N) is 1. The van der Waals surface area contributed by atoms with Crippen molar-refractivity contribution >= 4 is 11.8 Å². The molecular formula is C19H29N3O3. The van der Waals surface area contributed by atoms with Crippen LogP contribution in [-0.4, -0.2) is 53.8 Å². The molecule has 2 saturated heterocycles. The van der Waals surface area contributed by atoms with Crippen LogP contribution in [0.3, 0.4) is 0 Å². The minimum absolute atomic E-state index is 0.0358. The van der Waals surface area contributed by atoms with Gasteiger partial charge < -0.3 is 14.6 Å². The van der Waals surface area contributed by atoms with Crippen molar-refractivity contribution in [2.75, 3.05) is 26.2 Å². The third kappa shape index (κ3) is 4.42. The molecule has 1 aromatic heterocycles. The van der Waals surface area contributed by atoms with Gasteiger partial charge in [-0.2, -0.15) is 0 Å². The lowest BCUT2D eigenvalue weighted by Crippen LogP contribution is -2.39. The highest BCUT2D eigenvalue weighted by Gasteiger charge is 2.36. The van der Waals surface area contributed by atoms with Crippen LogP contribution in [-0.2, 0) is 11.3 Å². The van der Waals surface area contributed by atoms with Crippen LogP contribution in [0.1, 0.15) is 55.8 Å².